The average molecular weight is 323 g/mol. The van der Waals surface area contributed by atoms with Crippen molar-refractivity contribution in [2.75, 3.05) is 38.3 Å². The van der Waals surface area contributed by atoms with E-state index in [9.17, 15) is 0 Å². The summed E-state index contributed by atoms with van der Waals surface area (Å²) in [5.41, 5.74) is 5.53. The standard InChI is InChI=1S/C11H17BrClN3O/c1-17-6-5-16(4-2-3-14)11-10(13)7-9(12)8-15-11/h7-8H,2-6,14H2,1H3. The Balaban J connectivity index is 2.79. The summed E-state index contributed by atoms with van der Waals surface area (Å²) < 4.78 is 5.96. The highest BCUT2D eigenvalue weighted by molar-refractivity contribution is 9.10. The van der Waals surface area contributed by atoms with Crippen LogP contribution in [0.2, 0.25) is 5.02 Å². The highest BCUT2D eigenvalue weighted by Gasteiger charge is 2.11. The lowest BCUT2D eigenvalue weighted by Gasteiger charge is -2.24. The molecule has 0 aliphatic rings. The van der Waals surface area contributed by atoms with Crippen LogP contribution in [0.5, 0.6) is 0 Å². The molecule has 0 unspecified atom stereocenters. The van der Waals surface area contributed by atoms with Crippen molar-refractivity contribution < 1.29 is 4.74 Å². The molecule has 0 atom stereocenters. The van der Waals surface area contributed by atoms with E-state index in [0.717, 1.165) is 29.8 Å². The van der Waals surface area contributed by atoms with Crippen molar-refractivity contribution >= 4 is 33.3 Å². The molecule has 0 aliphatic heterocycles. The van der Waals surface area contributed by atoms with Crippen molar-refractivity contribution in [3.8, 4) is 0 Å². The van der Waals surface area contributed by atoms with Crippen molar-refractivity contribution in [2.24, 2.45) is 5.73 Å². The molecule has 1 aromatic rings. The summed E-state index contributed by atoms with van der Waals surface area (Å²) in [4.78, 5) is 6.42. The zero-order chi connectivity index (χ0) is 12.7. The third kappa shape index (κ3) is 4.79. The molecule has 4 nitrogen and oxygen atoms in total. The third-order valence-electron chi connectivity index (χ3n) is 2.29. The van der Waals surface area contributed by atoms with Gasteiger partial charge in [0, 0.05) is 30.9 Å². The van der Waals surface area contributed by atoms with Crippen LogP contribution in [0.1, 0.15) is 6.42 Å². The van der Waals surface area contributed by atoms with Crippen LogP contribution in [-0.4, -0.2) is 38.3 Å². The van der Waals surface area contributed by atoms with Gasteiger partial charge >= 0.3 is 0 Å². The molecule has 0 fully saturated rings. The van der Waals surface area contributed by atoms with Gasteiger partial charge in [0.25, 0.3) is 0 Å². The second-order valence-corrected chi connectivity index (χ2v) is 4.90. The molecule has 0 radical (unpaired) electrons. The van der Waals surface area contributed by atoms with Gasteiger partial charge in [-0.3, -0.25) is 0 Å². The van der Waals surface area contributed by atoms with Gasteiger partial charge in [0.05, 0.1) is 11.6 Å². The van der Waals surface area contributed by atoms with Gasteiger partial charge in [0.15, 0.2) is 0 Å². The highest BCUT2D eigenvalue weighted by atomic mass is 79.9. The van der Waals surface area contributed by atoms with Crippen molar-refractivity contribution in [1.29, 1.82) is 0 Å². The van der Waals surface area contributed by atoms with Gasteiger partial charge < -0.3 is 15.4 Å². The van der Waals surface area contributed by atoms with E-state index in [0.29, 0.717) is 18.2 Å². The molecular formula is C11H17BrClN3O. The summed E-state index contributed by atoms with van der Waals surface area (Å²) in [5.74, 6) is 0.778. The lowest BCUT2D eigenvalue weighted by molar-refractivity contribution is 0.205. The summed E-state index contributed by atoms with van der Waals surface area (Å²) in [6, 6.07) is 1.84. The molecule has 6 heteroatoms. The van der Waals surface area contributed by atoms with E-state index >= 15 is 0 Å². The number of nitrogens with two attached hydrogens (primary N) is 1. The van der Waals surface area contributed by atoms with E-state index < -0.39 is 0 Å². The van der Waals surface area contributed by atoms with Gasteiger partial charge in [-0.25, -0.2) is 4.98 Å². The Morgan fingerprint density at radius 1 is 1.53 bits per heavy atom. The van der Waals surface area contributed by atoms with Gasteiger partial charge in [0.1, 0.15) is 5.82 Å². The fourth-order valence-corrected chi connectivity index (χ4v) is 2.20. The smallest absolute Gasteiger partial charge is 0.147 e. The Bertz CT molecular complexity index is 343. The molecule has 0 amide bonds. The Morgan fingerprint density at radius 2 is 2.29 bits per heavy atom. The molecule has 17 heavy (non-hydrogen) atoms. The summed E-state index contributed by atoms with van der Waals surface area (Å²) in [5, 5.41) is 0.632. The van der Waals surface area contributed by atoms with E-state index in [4.69, 9.17) is 22.1 Å². The lowest BCUT2D eigenvalue weighted by atomic mass is 10.3. The molecule has 0 saturated heterocycles. The van der Waals surface area contributed by atoms with Crippen LogP contribution in [-0.2, 0) is 4.74 Å². The fourth-order valence-electron chi connectivity index (χ4n) is 1.45. The first-order valence-corrected chi connectivity index (χ1v) is 6.61. The predicted molar refractivity (Wildman–Crippen MR) is 74.7 cm³/mol. The minimum Gasteiger partial charge on any atom is -0.383 e. The largest absolute Gasteiger partial charge is 0.383 e. The molecular weight excluding hydrogens is 305 g/mol. The number of anilines is 1. The number of hydrogen-bond acceptors (Lipinski definition) is 4. The lowest BCUT2D eigenvalue weighted by Crippen LogP contribution is -2.30. The molecule has 96 valence electrons. The molecule has 1 aromatic heterocycles. The number of ether oxygens (including phenoxy) is 1. The topological polar surface area (TPSA) is 51.4 Å². The van der Waals surface area contributed by atoms with Crippen molar-refractivity contribution in [3.05, 3.63) is 21.8 Å². The van der Waals surface area contributed by atoms with Crippen LogP contribution >= 0.6 is 27.5 Å². The first kappa shape index (κ1) is 14.7. The molecule has 0 bridgehead atoms. The molecule has 0 aromatic carbocycles. The number of methoxy groups -OCH3 is 1. The minimum absolute atomic E-state index is 0.632. The van der Waals surface area contributed by atoms with E-state index in [-0.39, 0.29) is 0 Å². The highest BCUT2D eigenvalue weighted by Crippen LogP contribution is 2.26. The maximum absolute atomic E-state index is 6.18. The Morgan fingerprint density at radius 3 is 2.88 bits per heavy atom. The van der Waals surface area contributed by atoms with E-state index in [1.807, 2.05) is 6.07 Å². The molecule has 0 spiro atoms. The van der Waals surface area contributed by atoms with Gasteiger partial charge in [-0.05, 0) is 35.0 Å². The zero-order valence-corrected chi connectivity index (χ0v) is 12.2. The van der Waals surface area contributed by atoms with E-state index in [2.05, 4.69) is 25.8 Å². The van der Waals surface area contributed by atoms with E-state index in [1.54, 1.807) is 13.3 Å². The summed E-state index contributed by atoms with van der Waals surface area (Å²) in [6.45, 7) is 2.87. The van der Waals surface area contributed by atoms with Crippen LogP contribution in [0, 0.1) is 0 Å². The summed E-state index contributed by atoms with van der Waals surface area (Å²) >= 11 is 9.52. The number of halogens is 2. The van der Waals surface area contributed by atoms with Crippen LogP contribution in [0.3, 0.4) is 0 Å². The quantitative estimate of drug-likeness (QED) is 0.837. The summed E-state index contributed by atoms with van der Waals surface area (Å²) in [6.07, 6.45) is 2.64. The number of pyridine rings is 1. The summed E-state index contributed by atoms with van der Waals surface area (Å²) in [7, 11) is 1.68. The van der Waals surface area contributed by atoms with Crippen molar-refractivity contribution in [3.63, 3.8) is 0 Å². The SMILES string of the molecule is COCCN(CCCN)c1ncc(Br)cc1Cl. The van der Waals surface area contributed by atoms with E-state index in [1.165, 1.54) is 0 Å². The van der Waals surface area contributed by atoms with Crippen molar-refractivity contribution in [1.82, 2.24) is 4.98 Å². The van der Waals surface area contributed by atoms with Crippen LogP contribution in [0.25, 0.3) is 0 Å². The third-order valence-corrected chi connectivity index (χ3v) is 3.00. The van der Waals surface area contributed by atoms with Gasteiger partial charge in [0.2, 0.25) is 0 Å². The molecule has 0 aliphatic carbocycles. The molecule has 1 heterocycles. The van der Waals surface area contributed by atoms with Crippen LogP contribution in [0.4, 0.5) is 5.82 Å². The second kappa shape index (κ2) is 7.87. The predicted octanol–water partition coefficient (Wildman–Crippen LogP) is 2.30. The maximum atomic E-state index is 6.18. The Kier molecular flexibility index (Phi) is 6.80. The Hall–Kier alpha value is -0.360. The van der Waals surface area contributed by atoms with Gasteiger partial charge in [-0.2, -0.15) is 0 Å². The van der Waals surface area contributed by atoms with Crippen LogP contribution in [0.15, 0.2) is 16.7 Å². The maximum Gasteiger partial charge on any atom is 0.147 e. The normalized spacial score (nSPS) is 10.6. The average Bonchev–Trinajstić information content (AvgIpc) is 2.30. The zero-order valence-electron chi connectivity index (χ0n) is 9.83. The number of rotatable bonds is 7. The second-order valence-electron chi connectivity index (χ2n) is 3.58. The monoisotopic (exact) mass is 321 g/mol. The minimum atomic E-state index is 0.632. The number of nitrogens with zero attached hydrogens (tertiary/aromatic N) is 2. The first-order valence-electron chi connectivity index (χ1n) is 5.44. The van der Waals surface area contributed by atoms with Gasteiger partial charge in [-0.1, -0.05) is 11.6 Å². The number of aromatic nitrogens is 1. The number of hydrogen-bond donors (Lipinski definition) is 1. The van der Waals surface area contributed by atoms with Crippen molar-refractivity contribution in [2.45, 2.75) is 6.42 Å². The fraction of sp³-hybridized carbons (Fsp3) is 0.545. The molecule has 1 rings (SSSR count). The van der Waals surface area contributed by atoms with Gasteiger partial charge in [-0.15, -0.1) is 0 Å². The van der Waals surface area contributed by atoms with Crippen LogP contribution < -0.4 is 10.6 Å². The first-order chi connectivity index (χ1) is 8.19. The molecule has 2 N–H and O–H groups in total. The Labute approximate surface area is 115 Å². The molecule has 0 saturated carbocycles.